The van der Waals surface area contributed by atoms with E-state index in [1.165, 1.54) is 0 Å². The van der Waals surface area contributed by atoms with Crippen LogP contribution < -0.4 is 5.32 Å². The van der Waals surface area contributed by atoms with Gasteiger partial charge in [0.2, 0.25) is 5.91 Å². The molecule has 0 aliphatic carbocycles. The molecular weight excluding hydrogens is 250 g/mol. The molecule has 0 radical (unpaired) electrons. The van der Waals surface area contributed by atoms with Gasteiger partial charge in [0.25, 0.3) is 0 Å². The van der Waals surface area contributed by atoms with E-state index in [4.69, 9.17) is 0 Å². The molecule has 2 rings (SSSR count). The molecule has 1 atom stereocenters. The molecule has 1 aromatic heterocycles. The summed E-state index contributed by atoms with van der Waals surface area (Å²) >= 11 is 0. The topological polar surface area (TPSA) is 45.2 Å². The highest BCUT2D eigenvalue weighted by Crippen LogP contribution is 2.33. The second-order valence-electron chi connectivity index (χ2n) is 5.95. The van der Waals surface area contributed by atoms with E-state index in [9.17, 15) is 4.79 Å². The van der Waals surface area contributed by atoms with Gasteiger partial charge in [-0.1, -0.05) is 13.0 Å². The maximum atomic E-state index is 13.0. The minimum absolute atomic E-state index is 0.201. The Hall–Kier alpha value is -1.42. The molecule has 1 amide bonds. The first-order valence-electron chi connectivity index (χ1n) is 7.50. The Bertz CT molecular complexity index is 438. The lowest BCUT2D eigenvalue weighted by molar-refractivity contribution is -0.144. The van der Waals surface area contributed by atoms with Crippen molar-refractivity contribution in [1.29, 1.82) is 0 Å². The first-order valence-corrected chi connectivity index (χ1v) is 7.50. The molecule has 110 valence electrons. The Morgan fingerprint density at radius 3 is 2.85 bits per heavy atom. The molecule has 1 aliphatic rings. The number of carbonyl (C=O) groups is 1. The fourth-order valence-electron chi connectivity index (χ4n) is 2.86. The second kappa shape index (κ2) is 6.35. The molecule has 1 aliphatic heterocycles. The van der Waals surface area contributed by atoms with Gasteiger partial charge in [0.15, 0.2) is 0 Å². The minimum Gasteiger partial charge on any atom is -0.335 e. The number of rotatable bonds is 5. The van der Waals surface area contributed by atoms with Gasteiger partial charge in [-0.05, 0) is 44.9 Å². The van der Waals surface area contributed by atoms with Crippen molar-refractivity contribution < 1.29 is 4.79 Å². The summed E-state index contributed by atoms with van der Waals surface area (Å²) in [6.45, 7) is 8.68. The monoisotopic (exact) mass is 275 g/mol. The van der Waals surface area contributed by atoms with Crippen LogP contribution in [0.2, 0.25) is 0 Å². The third-order valence-corrected chi connectivity index (χ3v) is 4.33. The van der Waals surface area contributed by atoms with E-state index in [0.717, 1.165) is 31.5 Å². The highest BCUT2D eigenvalue weighted by Gasteiger charge is 2.42. The van der Waals surface area contributed by atoms with Crippen LogP contribution >= 0.6 is 0 Å². The summed E-state index contributed by atoms with van der Waals surface area (Å²) in [6, 6.07) is 4.15. The van der Waals surface area contributed by atoms with E-state index in [2.05, 4.69) is 31.1 Å². The smallest absolute Gasteiger partial charge is 0.230 e. The molecule has 1 unspecified atom stereocenters. The Morgan fingerprint density at radius 2 is 2.35 bits per heavy atom. The Balaban J connectivity index is 2.18. The Kier molecular flexibility index (Phi) is 4.76. The van der Waals surface area contributed by atoms with E-state index in [-0.39, 0.29) is 17.4 Å². The van der Waals surface area contributed by atoms with Gasteiger partial charge in [-0.3, -0.25) is 9.78 Å². The summed E-state index contributed by atoms with van der Waals surface area (Å²) in [5.41, 5.74) is 0.874. The van der Waals surface area contributed by atoms with Gasteiger partial charge in [0, 0.05) is 31.5 Å². The average molecular weight is 275 g/mol. The lowest BCUT2D eigenvalue weighted by atomic mass is 9.82. The first kappa shape index (κ1) is 15.0. The third kappa shape index (κ3) is 3.01. The van der Waals surface area contributed by atoms with E-state index >= 15 is 0 Å². The molecule has 1 N–H and O–H groups in total. The Morgan fingerprint density at radius 1 is 1.55 bits per heavy atom. The number of hydrogen-bond acceptors (Lipinski definition) is 3. The van der Waals surface area contributed by atoms with Crippen molar-refractivity contribution in [3.63, 3.8) is 0 Å². The molecule has 0 spiro atoms. The molecular formula is C16H25N3O. The largest absolute Gasteiger partial charge is 0.335 e. The fourth-order valence-corrected chi connectivity index (χ4v) is 2.86. The van der Waals surface area contributed by atoms with Gasteiger partial charge < -0.3 is 10.2 Å². The van der Waals surface area contributed by atoms with Crippen LogP contribution in [0.25, 0.3) is 0 Å². The standard InChI is InChI=1S/C16H25N3O/c1-4-16(7-9-18-12-16)15(20)19(13(2)3)11-14-6-5-8-17-10-14/h5-6,8,10,13,18H,4,7,9,11-12H2,1-3H3. The van der Waals surface area contributed by atoms with Crippen molar-refractivity contribution in [2.24, 2.45) is 5.41 Å². The van der Waals surface area contributed by atoms with E-state index in [1.807, 2.05) is 23.2 Å². The lowest BCUT2D eigenvalue weighted by Crippen LogP contribution is -2.47. The van der Waals surface area contributed by atoms with Gasteiger partial charge in [-0.2, -0.15) is 0 Å². The van der Waals surface area contributed by atoms with Crippen molar-refractivity contribution in [1.82, 2.24) is 15.2 Å². The van der Waals surface area contributed by atoms with Crippen LogP contribution in [-0.4, -0.2) is 34.9 Å². The van der Waals surface area contributed by atoms with Crippen LogP contribution in [0.4, 0.5) is 0 Å². The van der Waals surface area contributed by atoms with Crippen LogP contribution in [0.5, 0.6) is 0 Å². The van der Waals surface area contributed by atoms with Crippen LogP contribution in [0.1, 0.15) is 39.2 Å². The van der Waals surface area contributed by atoms with Gasteiger partial charge in [-0.25, -0.2) is 0 Å². The number of nitrogens with zero attached hydrogens (tertiary/aromatic N) is 2. The minimum atomic E-state index is -0.216. The molecule has 1 aromatic rings. The molecule has 1 saturated heterocycles. The third-order valence-electron chi connectivity index (χ3n) is 4.33. The van der Waals surface area contributed by atoms with Crippen LogP contribution in [-0.2, 0) is 11.3 Å². The second-order valence-corrected chi connectivity index (χ2v) is 5.95. The maximum absolute atomic E-state index is 13.0. The zero-order chi connectivity index (χ0) is 14.6. The van der Waals surface area contributed by atoms with E-state index in [1.54, 1.807) is 6.20 Å². The highest BCUT2D eigenvalue weighted by molar-refractivity contribution is 5.83. The first-order chi connectivity index (χ1) is 9.59. The summed E-state index contributed by atoms with van der Waals surface area (Å²) in [5.74, 6) is 0.281. The van der Waals surface area contributed by atoms with E-state index < -0.39 is 0 Å². The summed E-state index contributed by atoms with van der Waals surface area (Å²) in [4.78, 5) is 19.1. The predicted octanol–water partition coefficient (Wildman–Crippen LogP) is 2.21. The van der Waals surface area contributed by atoms with Gasteiger partial charge in [0.1, 0.15) is 0 Å². The van der Waals surface area contributed by atoms with Crippen LogP contribution in [0.3, 0.4) is 0 Å². The summed E-state index contributed by atoms with van der Waals surface area (Å²) in [6.07, 6.45) is 5.45. The predicted molar refractivity (Wildman–Crippen MR) is 80.1 cm³/mol. The van der Waals surface area contributed by atoms with Crippen LogP contribution in [0.15, 0.2) is 24.5 Å². The summed E-state index contributed by atoms with van der Waals surface area (Å²) < 4.78 is 0. The fraction of sp³-hybridized carbons (Fsp3) is 0.625. The van der Waals surface area contributed by atoms with E-state index in [0.29, 0.717) is 6.54 Å². The van der Waals surface area contributed by atoms with Crippen molar-refractivity contribution in [3.05, 3.63) is 30.1 Å². The molecule has 0 saturated carbocycles. The number of amides is 1. The molecule has 4 nitrogen and oxygen atoms in total. The number of pyridine rings is 1. The van der Waals surface area contributed by atoms with Gasteiger partial charge in [-0.15, -0.1) is 0 Å². The summed E-state index contributed by atoms with van der Waals surface area (Å²) in [5, 5.41) is 3.34. The van der Waals surface area contributed by atoms with Crippen LogP contribution in [0, 0.1) is 5.41 Å². The number of aromatic nitrogens is 1. The highest BCUT2D eigenvalue weighted by atomic mass is 16.2. The van der Waals surface area contributed by atoms with Crippen molar-refractivity contribution in [2.75, 3.05) is 13.1 Å². The van der Waals surface area contributed by atoms with Crippen molar-refractivity contribution in [2.45, 2.75) is 46.2 Å². The zero-order valence-electron chi connectivity index (χ0n) is 12.7. The quantitative estimate of drug-likeness (QED) is 0.896. The molecule has 0 aromatic carbocycles. The summed E-state index contributed by atoms with van der Waals surface area (Å²) in [7, 11) is 0. The van der Waals surface area contributed by atoms with Crippen molar-refractivity contribution >= 4 is 5.91 Å². The van der Waals surface area contributed by atoms with Gasteiger partial charge >= 0.3 is 0 Å². The number of hydrogen-bond donors (Lipinski definition) is 1. The SMILES string of the molecule is CCC1(C(=O)N(Cc2cccnc2)C(C)C)CCNC1. The lowest BCUT2D eigenvalue weighted by Gasteiger charge is -2.35. The molecule has 0 bridgehead atoms. The molecule has 2 heterocycles. The van der Waals surface area contributed by atoms with Crippen molar-refractivity contribution in [3.8, 4) is 0 Å². The molecule has 4 heteroatoms. The number of carbonyl (C=O) groups excluding carboxylic acids is 1. The molecule has 1 fully saturated rings. The average Bonchev–Trinajstić information content (AvgIpc) is 2.95. The Labute approximate surface area is 121 Å². The molecule has 20 heavy (non-hydrogen) atoms. The van der Waals surface area contributed by atoms with Gasteiger partial charge in [0.05, 0.1) is 5.41 Å². The normalized spacial score (nSPS) is 22.2. The maximum Gasteiger partial charge on any atom is 0.230 e. The number of nitrogens with one attached hydrogen (secondary N) is 1. The zero-order valence-corrected chi connectivity index (χ0v) is 12.7.